The molecule has 7 nitrogen and oxygen atoms in total. The van der Waals surface area contributed by atoms with E-state index in [1.807, 2.05) is 0 Å². The van der Waals surface area contributed by atoms with Crippen LogP contribution in [0.4, 0.5) is 0 Å². The number of amides is 3. The van der Waals surface area contributed by atoms with Crippen LogP contribution in [0, 0.1) is 5.92 Å². The number of rotatable bonds is 5. The Morgan fingerprint density at radius 3 is 2.65 bits per heavy atom. The molecule has 0 spiro atoms. The monoisotopic (exact) mass is 283 g/mol. The van der Waals surface area contributed by atoms with E-state index in [9.17, 15) is 19.2 Å². The Kier molecular flexibility index (Phi) is 5.66. The summed E-state index contributed by atoms with van der Waals surface area (Å²) < 4.78 is 0. The van der Waals surface area contributed by atoms with Crippen LogP contribution in [0.3, 0.4) is 0 Å². The van der Waals surface area contributed by atoms with Crippen LogP contribution in [-0.2, 0) is 19.2 Å². The summed E-state index contributed by atoms with van der Waals surface area (Å²) in [5.74, 6) is -1.18. The molecule has 1 aliphatic heterocycles. The van der Waals surface area contributed by atoms with Gasteiger partial charge in [-0.3, -0.25) is 19.2 Å². The van der Waals surface area contributed by atoms with Crippen molar-refractivity contribution in [3.05, 3.63) is 0 Å². The Hall–Kier alpha value is -1.92. The lowest BCUT2D eigenvalue weighted by Gasteiger charge is -2.26. The molecule has 0 radical (unpaired) electrons. The van der Waals surface area contributed by atoms with Gasteiger partial charge in [-0.25, -0.2) is 0 Å². The highest BCUT2D eigenvalue weighted by Crippen LogP contribution is 2.14. The van der Waals surface area contributed by atoms with Gasteiger partial charge in [0.2, 0.25) is 17.7 Å². The van der Waals surface area contributed by atoms with E-state index < -0.39 is 11.9 Å². The quantitative estimate of drug-likeness (QED) is 0.688. The van der Waals surface area contributed by atoms with E-state index in [4.69, 9.17) is 5.73 Å². The van der Waals surface area contributed by atoms with Crippen LogP contribution in [0.2, 0.25) is 0 Å². The molecule has 1 heterocycles. The minimum Gasteiger partial charge on any atom is -0.370 e. The van der Waals surface area contributed by atoms with Gasteiger partial charge in [0.1, 0.15) is 0 Å². The third kappa shape index (κ3) is 4.64. The lowest BCUT2D eigenvalue weighted by Crippen LogP contribution is -2.44. The third-order valence-electron chi connectivity index (χ3n) is 3.41. The second-order valence-electron chi connectivity index (χ2n) is 5.28. The van der Waals surface area contributed by atoms with E-state index in [1.165, 1.54) is 4.90 Å². The Bertz CT molecular complexity index is 422. The molecule has 3 amide bonds. The van der Waals surface area contributed by atoms with Crippen molar-refractivity contribution in [2.45, 2.75) is 38.6 Å². The minimum absolute atomic E-state index is 0.0437. The largest absolute Gasteiger partial charge is 0.370 e. The zero-order valence-electron chi connectivity index (χ0n) is 11.8. The molecule has 0 aromatic carbocycles. The van der Waals surface area contributed by atoms with E-state index in [1.54, 1.807) is 14.0 Å². The third-order valence-corrected chi connectivity index (χ3v) is 3.41. The number of carbonyl (C=O) groups is 4. The highest BCUT2D eigenvalue weighted by molar-refractivity contribution is 5.94. The van der Waals surface area contributed by atoms with Crippen molar-refractivity contribution < 1.29 is 19.2 Å². The number of nitrogens with one attached hydrogen (secondary N) is 1. The molecule has 0 bridgehead atoms. The van der Waals surface area contributed by atoms with Crippen molar-refractivity contribution in [2.24, 2.45) is 11.7 Å². The second-order valence-corrected chi connectivity index (χ2v) is 5.28. The molecule has 0 saturated carbocycles. The van der Waals surface area contributed by atoms with E-state index in [0.29, 0.717) is 6.42 Å². The normalized spacial score (nSPS) is 20.8. The fraction of sp³-hybridized carbons (Fsp3) is 0.692. The molecule has 7 heteroatoms. The molecule has 0 aliphatic carbocycles. The molecule has 1 saturated heterocycles. The molecule has 1 unspecified atom stereocenters. The van der Waals surface area contributed by atoms with Gasteiger partial charge in [0, 0.05) is 26.3 Å². The van der Waals surface area contributed by atoms with Gasteiger partial charge in [0.15, 0.2) is 5.78 Å². The van der Waals surface area contributed by atoms with Crippen LogP contribution >= 0.6 is 0 Å². The van der Waals surface area contributed by atoms with E-state index in [0.717, 1.165) is 0 Å². The smallest absolute Gasteiger partial charge is 0.223 e. The van der Waals surface area contributed by atoms with E-state index in [2.05, 4.69) is 5.32 Å². The maximum Gasteiger partial charge on any atom is 0.223 e. The number of Topliss-reactive ketones (excluding diaryl/α,β-unsaturated/α-hetero) is 1. The highest BCUT2D eigenvalue weighted by atomic mass is 16.2. The summed E-state index contributed by atoms with van der Waals surface area (Å²) in [4.78, 5) is 47.4. The predicted octanol–water partition coefficient (Wildman–Crippen LogP) is -0.806. The standard InChI is InChI=1S/C13H21N3O4/c1-8(5-11(14)18)6-13(20)16(2)9-3-4-12(19)15-7-10(9)17/h8-9H,3-7H2,1-2H3,(H2,14,18)(H,15,19)/t8-,9?/m0/s1. The molecule has 3 N–H and O–H groups in total. The molecule has 112 valence electrons. The van der Waals surface area contributed by atoms with Crippen molar-refractivity contribution in [3.8, 4) is 0 Å². The van der Waals surface area contributed by atoms with E-state index >= 15 is 0 Å². The summed E-state index contributed by atoms with van der Waals surface area (Å²) in [5, 5.41) is 2.50. The molecule has 2 atom stereocenters. The zero-order valence-corrected chi connectivity index (χ0v) is 11.8. The number of nitrogens with zero attached hydrogens (tertiary/aromatic N) is 1. The summed E-state index contributed by atoms with van der Waals surface area (Å²) in [6, 6.07) is -0.581. The van der Waals surface area contributed by atoms with Crippen LogP contribution in [0.1, 0.15) is 32.6 Å². The number of carbonyl (C=O) groups excluding carboxylic acids is 4. The molecule has 20 heavy (non-hydrogen) atoms. The first kappa shape index (κ1) is 16.1. The molecular weight excluding hydrogens is 262 g/mol. The van der Waals surface area contributed by atoms with Crippen LogP contribution in [0.25, 0.3) is 0 Å². The first-order chi connectivity index (χ1) is 9.31. The number of ketones is 1. The fourth-order valence-corrected chi connectivity index (χ4v) is 2.26. The summed E-state index contributed by atoms with van der Waals surface area (Å²) >= 11 is 0. The first-order valence-corrected chi connectivity index (χ1v) is 6.64. The van der Waals surface area contributed by atoms with Crippen molar-refractivity contribution in [1.82, 2.24) is 10.2 Å². The average Bonchev–Trinajstić information content (AvgIpc) is 2.50. The van der Waals surface area contributed by atoms with E-state index in [-0.39, 0.29) is 49.3 Å². The number of primary amides is 1. The van der Waals surface area contributed by atoms with Gasteiger partial charge in [-0.2, -0.15) is 0 Å². The van der Waals surface area contributed by atoms with Crippen LogP contribution in [0.15, 0.2) is 0 Å². The van der Waals surface area contributed by atoms with Gasteiger partial charge < -0.3 is 16.0 Å². The Labute approximate surface area is 117 Å². The lowest BCUT2D eigenvalue weighted by atomic mass is 10.0. The number of likely N-dealkylation sites (N-methyl/N-ethyl adjacent to an activating group) is 1. The molecule has 0 aromatic heterocycles. The lowest BCUT2D eigenvalue weighted by molar-refractivity contribution is -0.138. The van der Waals surface area contributed by atoms with Crippen molar-refractivity contribution in [3.63, 3.8) is 0 Å². The maximum atomic E-state index is 12.1. The summed E-state index contributed by atoms with van der Waals surface area (Å²) in [7, 11) is 1.55. The fourth-order valence-electron chi connectivity index (χ4n) is 2.26. The van der Waals surface area contributed by atoms with Gasteiger partial charge in [-0.05, 0) is 12.3 Å². The van der Waals surface area contributed by atoms with Gasteiger partial charge in [0.05, 0.1) is 12.6 Å². The van der Waals surface area contributed by atoms with Crippen LogP contribution in [-0.4, -0.2) is 48.0 Å². The maximum absolute atomic E-state index is 12.1. The molecule has 1 rings (SSSR count). The van der Waals surface area contributed by atoms with Gasteiger partial charge in [-0.1, -0.05) is 6.92 Å². The molecule has 1 aliphatic rings. The predicted molar refractivity (Wildman–Crippen MR) is 71.4 cm³/mol. The topological polar surface area (TPSA) is 110 Å². The Morgan fingerprint density at radius 2 is 2.05 bits per heavy atom. The highest BCUT2D eigenvalue weighted by Gasteiger charge is 2.30. The van der Waals surface area contributed by atoms with Crippen LogP contribution < -0.4 is 11.1 Å². The van der Waals surface area contributed by atoms with Crippen molar-refractivity contribution in [2.75, 3.05) is 13.6 Å². The summed E-state index contributed by atoms with van der Waals surface area (Å²) in [6.07, 6.45) is 0.852. The summed E-state index contributed by atoms with van der Waals surface area (Å²) in [5.41, 5.74) is 5.08. The van der Waals surface area contributed by atoms with Gasteiger partial charge in [0.25, 0.3) is 0 Å². The molecule has 1 fully saturated rings. The van der Waals surface area contributed by atoms with Crippen molar-refractivity contribution >= 4 is 23.5 Å². The Balaban J connectivity index is 2.60. The Morgan fingerprint density at radius 1 is 1.40 bits per heavy atom. The number of hydrogen-bond donors (Lipinski definition) is 2. The van der Waals surface area contributed by atoms with Gasteiger partial charge in [-0.15, -0.1) is 0 Å². The summed E-state index contributed by atoms with van der Waals surface area (Å²) in [6.45, 7) is 1.72. The SMILES string of the molecule is C[C@@H](CC(N)=O)CC(=O)N(C)C1CCC(=O)NCC1=O. The number of hydrogen-bond acceptors (Lipinski definition) is 4. The van der Waals surface area contributed by atoms with Crippen LogP contribution in [0.5, 0.6) is 0 Å². The first-order valence-electron chi connectivity index (χ1n) is 6.64. The number of nitrogens with two attached hydrogens (primary N) is 1. The van der Waals surface area contributed by atoms with Gasteiger partial charge >= 0.3 is 0 Å². The second kappa shape index (κ2) is 7.02. The average molecular weight is 283 g/mol. The zero-order chi connectivity index (χ0) is 15.3. The minimum atomic E-state index is -0.581. The molecular formula is C13H21N3O4. The van der Waals surface area contributed by atoms with Crippen molar-refractivity contribution in [1.29, 1.82) is 0 Å². The molecule has 0 aromatic rings.